The van der Waals surface area contributed by atoms with Gasteiger partial charge in [0.1, 0.15) is 9.88 Å². The number of rotatable bonds is 3. The number of thiazole rings is 1. The molecular weight excluding hydrogens is 258 g/mol. The van der Waals surface area contributed by atoms with E-state index < -0.39 is 5.97 Å². The zero-order chi connectivity index (χ0) is 13.6. The minimum Gasteiger partial charge on any atom is -0.477 e. The van der Waals surface area contributed by atoms with Crippen molar-refractivity contribution in [3.05, 3.63) is 39.9 Å². The van der Waals surface area contributed by atoms with Crippen molar-refractivity contribution in [3.63, 3.8) is 0 Å². The van der Waals surface area contributed by atoms with Crippen LogP contribution >= 0.6 is 11.3 Å². The molecule has 1 aromatic heterocycles. The second-order valence-electron chi connectivity index (χ2n) is 5.19. The molecular formula is C15H15NO2S. The number of aromatic nitrogens is 1. The monoisotopic (exact) mass is 273 g/mol. The highest BCUT2D eigenvalue weighted by atomic mass is 32.1. The number of carboxylic acid groups (broad SMARTS) is 1. The number of carbonyl (C=O) groups is 1. The number of hydrogen-bond acceptors (Lipinski definition) is 3. The second-order valence-corrected chi connectivity index (χ2v) is 6.19. The average Bonchev–Trinajstić information content (AvgIpc) is 3.06. The normalized spacial score (nSPS) is 14.6. The van der Waals surface area contributed by atoms with Crippen molar-refractivity contribution in [3.8, 4) is 10.6 Å². The number of carboxylic acids is 1. The van der Waals surface area contributed by atoms with Gasteiger partial charge < -0.3 is 5.11 Å². The van der Waals surface area contributed by atoms with E-state index in [0.717, 1.165) is 29.1 Å². The van der Waals surface area contributed by atoms with E-state index in [2.05, 4.69) is 23.2 Å². The van der Waals surface area contributed by atoms with Gasteiger partial charge in [0.25, 0.3) is 0 Å². The van der Waals surface area contributed by atoms with Gasteiger partial charge in [-0.2, -0.15) is 0 Å². The van der Waals surface area contributed by atoms with Gasteiger partial charge in [-0.15, -0.1) is 11.3 Å². The predicted molar refractivity (Wildman–Crippen MR) is 76.0 cm³/mol. The van der Waals surface area contributed by atoms with Crippen LogP contribution in [0.3, 0.4) is 0 Å². The Balaban J connectivity index is 2.09. The summed E-state index contributed by atoms with van der Waals surface area (Å²) < 4.78 is 0. The van der Waals surface area contributed by atoms with E-state index in [0.29, 0.717) is 10.8 Å². The predicted octanol–water partition coefficient (Wildman–Crippen LogP) is 4.00. The Morgan fingerprint density at radius 3 is 2.42 bits per heavy atom. The van der Waals surface area contributed by atoms with Gasteiger partial charge in [0.2, 0.25) is 0 Å². The summed E-state index contributed by atoms with van der Waals surface area (Å²) in [5.74, 6) is -0.489. The van der Waals surface area contributed by atoms with Crippen LogP contribution in [0.4, 0.5) is 0 Å². The Kier molecular flexibility index (Phi) is 2.90. The van der Waals surface area contributed by atoms with E-state index >= 15 is 0 Å². The molecule has 0 aliphatic heterocycles. The summed E-state index contributed by atoms with van der Waals surface area (Å²) in [5, 5.41) is 10.1. The quantitative estimate of drug-likeness (QED) is 0.919. The summed E-state index contributed by atoms with van der Waals surface area (Å²) in [6, 6.07) is 6.24. The first-order chi connectivity index (χ1) is 9.04. The maximum absolute atomic E-state index is 11.3. The van der Waals surface area contributed by atoms with Crippen molar-refractivity contribution in [2.75, 3.05) is 0 Å². The molecule has 2 aromatic rings. The van der Waals surface area contributed by atoms with E-state index in [1.807, 2.05) is 13.8 Å². The number of aryl methyl sites for hydroxylation is 2. The van der Waals surface area contributed by atoms with Crippen molar-refractivity contribution in [1.82, 2.24) is 4.98 Å². The first-order valence-electron chi connectivity index (χ1n) is 6.37. The van der Waals surface area contributed by atoms with Gasteiger partial charge in [-0.1, -0.05) is 17.2 Å². The summed E-state index contributed by atoms with van der Waals surface area (Å²) >= 11 is 1.30. The fourth-order valence-corrected chi connectivity index (χ4v) is 3.32. The smallest absolute Gasteiger partial charge is 0.347 e. The van der Waals surface area contributed by atoms with Crippen LogP contribution in [0.25, 0.3) is 10.6 Å². The summed E-state index contributed by atoms with van der Waals surface area (Å²) in [5.41, 5.74) is 4.16. The number of nitrogens with zero attached hydrogens (tertiary/aromatic N) is 1. The van der Waals surface area contributed by atoms with Crippen LogP contribution in [0, 0.1) is 13.8 Å². The Hall–Kier alpha value is -1.68. The molecule has 0 atom stereocenters. The number of aromatic carboxylic acids is 1. The second kappa shape index (κ2) is 4.46. The third-order valence-electron chi connectivity index (χ3n) is 3.28. The van der Waals surface area contributed by atoms with Gasteiger partial charge in [-0.25, -0.2) is 9.78 Å². The van der Waals surface area contributed by atoms with Crippen molar-refractivity contribution < 1.29 is 9.90 Å². The van der Waals surface area contributed by atoms with E-state index in [1.54, 1.807) is 0 Å². The molecule has 3 rings (SSSR count). The lowest BCUT2D eigenvalue weighted by Crippen LogP contribution is -1.97. The topological polar surface area (TPSA) is 50.2 Å². The van der Waals surface area contributed by atoms with E-state index in [1.165, 1.54) is 22.5 Å². The van der Waals surface area contributed by atoms with Crippen LogP contribution in [0.1, 0.15) is 45.3 Å². The third kappa shape index (κ3) is 2.40. The maximum Gasteiger partial charge on any atom is 0.347 e. The van der Waals surface area contributed by atoms with Gasteiger partial charge in [0, 0.05) is 11.5 Å². The van der Waals surface area contributed by atoms with Crippen LogP contribution in [0.2, 0.25) is 0 Å². The molecule has 3 nitrogen and oxygen atoms in total. The summed E-state index contributed by atoms with van der Waals surface area (Å²) in [7, 11) is 0. The Morgan fingerprint density at radius 2 is 1.89 bits per heavy atom. The van der Waals surface area contributed by atoms with Crippen molar-refractivity contribution in [1.29, 1.82) is 0 Å². The highest BCUT2D eigenvalue weighted by Crippen LogP contribution is 2.44. The van der Waals surface area contributed by atoms with Gasteiger partial charge in [-0.3, -0.25) is 0 Å². The zero-order valence-electron chi connectivity index (χ0n) is 10.9. The lowest BCUT2D eigenvalue weighted by atomic mass is 10.1. The molecule has 4 heteroatoms. The number of hydrogen-bond donors (Lipinski definition) is 1. The molecule has 0 unspecified atom stereocenters. The lowest BCUT2D eigenvalue weighted by Gasteiger charge is -2.01. The molecule has 0 spiro atoms. The lowest BCUT2D eigenvalue weighted by molar-refractivity contribution is 0.0700. The molecule has 1 saturated carbocycles. The maximum atomic E-state index is 11.3. The molecule has 0 saturated heterocycles. The highest BCUT2D eigenvalue weighted by molar-refractivity contribution is 7.17. The molecule has 0 radical (unpaired) electrons. The minimum absolute atomic E-state index is 0.363. The molecule has 98 valence electrons. The molecule has 0 bridgehead atoms. The van der Waals surface area contributed by atoms with Crippen LogP contribution in [-0.4, -0.2) is 16.1 Å². The number of benzene rings is 1. The van der Waals surface area contributed by atoms with Crippen molar-refractivity contribution >= 4 is 17.3 Å². The standard InChI is InChI=1S/C15H15NO2S/c1-8-5-9(2)7-11(6-8)14-16-12(10-3-4-10)13(19-14)15(17)18/h5-7,10H,3-4H2,1-2H3,(H,17,18). The van der Waals surface area contributed by atoms with Crippen LogP contribution in [-0.2, 0) is 0 Å². The molecule has 1 N–H and O–H groups in total. The first-order valence-corrected chi connectivity index (χ1v) is 7.19. The van der Waals surface area contributed by atoms with Gasteiger partial charge in [0.15, 0.2) is 0 Å². The molecule has 19 heavy (non-hydrogen) atoms. The summed E-state index contributed by atoms with van der Waals surface area (Å²) in [6.45, 7) is 4.09. The third-order valence-corrected chi connectivity index (χ3v) is 4.39. The SMILES string of the molecule is Cc1cc(C)cc(-c2nc(C3CC3)c(C(=O)O)s2)c1. The van der Waals surface area contributed by atoms with E-state index in [9.17, 15) is 9.90 Å². The minimum atomic E-state index is -0.852. The highest BCUT2D eigenvalue weighted by Gasteiger charge is 2.32. The van der Waals surface area contributed by atoms with Crippen molar-refractivity contribution in [2.45, 2.75) is 32.6 Å². The first kappa shape index (κ1) is 12.4. The molecule has 1 aliphatic rings. The van der Waals surface area contributed by atoms with Crippen LogP contribution < -0.4 is 0 Å². The summed E-state index contributed by atoms with van der Waals surface area (Å²) in [6.07, 6.45) is 2.13. The fraction of sp³-hybridized carbons (Fsp3) is 0.333. The van der Waals surface area contributed by atoms with E-state index in [-0.39, 0.29) is 0 Å². The van der Waals surface area contributed by atoms with Crippen molar-refractivity contribution in [2.24, 2.45) is 0 Å². The van der Waals surface area contributed by atoms with Gasteiger partial charge in [0.05, 0.1) is 5.69 Å². The Bertz CT molecular complexity index is 636. The molecule has 1 fully saturated rings. The molecule has 1 aliphatic carbocycles. The summed E-state index contributed by atoms with van der Waals surface area (Å²) in [4.78, 5) is 16.3. The molecule has 1 heterocycles. The van der Waals surface area contributed by atoms with E-state index in [4.69, 9.17) is 0 Å². The van der Waals surface area contributed by atoms with Gasteiger partial charge >= 0.3 is 5.97 Å². The fourth-order valence-electron chi connectivity index (χ4n) is 2.34. The van der Waals surface area contributed by atoms with Gasteiger partial charge in [-0.05, 0) is 38.8 Å². The zero-order valence-corrected chi connectivity index (χ0v) is 11.8. The molecule has 0 amide bonds. The molecule has 1 aromatic carbocycles. The Labute approximate surface area is 115 Å². The Morgan fingerprint density at radius 1 is 1.26 bits per heavy atom. The van der Waals surface area contributed by atoms with Crippen LogP contribution in [0.15, 0.2) is 18.2 Å². The average molecular weight is 273 g/mol. The van der Waals surface area contributed by atoms with Crippen LogP contribution in [0.5, 0.6) is 0 Å². The largest absolute Gasteiger partial charge is 0.477 e.